The van der Waals surface area contributed by atoms with E-state index in [0.717, 1.165) is 75.7 Å². The Balaban J connectivity index is 1.03. The highest BCUT2D eigenvalue weighted by Crippen LogP contribution is 2.44. The van der Waals surface area contributed by atoms with E-state index in [1.807, 2.05) is 78.9 Å². The van der Waals surface area contributed by atoms with Crippen molar-refractivity contribution >= 4 is 101 Å². The molecule has 0 fully saturated rings. The highest BCUT2D eigenvalue weighted by Gasteiger charge is 2.44. The minimum atomic E-state index is -3.61. The number of hydrogen-bond acceptors (Lipinski definition) is 0. The fourth-order valence-electron chi connectivity index (χ4n) is 14.3. The Morgan fingerprint density at radius 2 is 0.659 bits per heavy atom. The lowest BCUT2D eigenvalue weighted by Crippen LogP contribution is -2.75. The fraction of sp³-hybridized carbons (Fsp3) is 0. The molecule has 0 aliphatic carbocycles. The van der Waals surface area contributed by atoms with E-state index in [1.165, 1.54) is 26.8 Å². The summed E-state index contributed by atoms with van der Waals surface area (Å²) in [6.07, 6.45) is 0. The summed E-state index contributed by atoms with van der Waals surface area (Å²) >= 11 is 0. The van der Waals surface area contributed by atoms with Crippen LogP contribution in [-0.4, -0.2) is 25.3 Å². The lowest BCUT2D eigenvalue weighted by molar-refractivity contribution is 1.17. The van der Waals surface area contributed by atoms with Crippen LogP contribution in [0.15, 0.2) is 364 Å². The minimum Gasteiger partial charge on any atom is -0.309 e. The summed E-state index contributed by atoms with van der Waals surface area (Å²) in [5.41, 5.74) is 7.69. The molecule has 0 bridgehead atoms. The van der Waals surface area contributed by atoms with E-state index >= 15 is 0 Å². The lowest BCUT2D eigenvalue weighted by Gasteiger charge is -2.36. The van der Waals surface area contributed by atoms with E-state index in [4.69, 9.17) is 2.74 Å². The molecule has 16 aromatic rings. The summed E-state index contributed by atoms with van der Waals surface area (Å²) in [6.45, 7) is 0. The van der Waals surface area contributed by atoms with Crippen LogP contribution in [0.1, 0.15) is 12.3 Å². The molecule has 0 amide bonds. The molecule has 0 aliphatic heterocycles. The van der Waals surface area contributed by atoms with Gasteiger partial charge in [-0.3, -0.25) is 0 Å². The predicted molar refractivity (Wildman–Crippen MR) is 379 cm³/mol. The maximum Gasteiger partial charge on any atom is 0.180 e. The van der Waals surface area contributed by atoms with Gasteiger partial charge in [-0.2, -0.15) is 0 Å². The number of fused-ring (bicyclic) bond motifs is 6. The molecule has 2 heterocycles. The molecule has 0 spiro atoms. The van der Waals surface area contributed by atoms with Crippen LogP contribution in [0.4, 0.5) is 0 Å². The van der Waals surface area contributed by atoms with Crippen molar-refractivity contribution in [2.24, 2.45) is 0 Å². The molecule has 2 nitrogen and oxygen atoms in total. The van der Waals surface area contributed by atoms with Gasteiger partial charge in [0.1, 0.15) is 0 Å². The number of benzene rings is 14. The van der Waals surface area contributed by atoms with Gasteiger partial charge in [-0.05, 0) is 88.5 Å². The average Bonchev–Trinajstić information content (AvgIpc) is 1.69. The van der Waals surface area contributed by atoms with Gasteiger partial charge < -0.3 is 9.13 Å². The Labute approximate surface area is 528 Å². The average molecular weight is 1160 g/mol. The molecule has 0 unspecified atom stereocenters. The van der Waals surface area contributed by atoms with Crippen LogP contribution < -0.4 is 41.5 Å². The van der Waals surface area contributed by atoms with Gasteiger partial charge >= 0.3 is 0 Å². The van der Waals surface area contributed by atoms with Crippen LogP contribution in [0.2, 0.25) is 0 Å². The molecule has 88 heavy (non-hydrogen) atoms. The zero-order chi connectivity index (χ0) is 66.3. The van der Waals surface area contributed by atoms with E-state index in [2.05, 4.69) is 234 Å². The van der Waals surface area contributed by atoms with Crippen molar-refractivity contribution in [2.45, 2.75) is 0 Å². The summed E-state index contributed by atoms with van der Waals surface area (Å²) in [7, 11) is -6.71. The molecule has 16 rings (SSSR count). The first-order chi connectivity index (χ1) is 47.4. The van der Waals surface area contributed by atoms with Crippen LogP contribution >= 0.6 is 0 Å². The number of rotatable bonds is 13. The molecule has 414 valence electrons. The second-order valence-electron chi connectivity index (χ2n) is 22.3. The monoisotopic (exact) mass is 1160 g/mol. The van der Waals surface area contributed by atoms with Gasteiger partial charge in [0.15, 0.2) is 16.1 Å². The Hall–Kier alpha value is -10.9. The van der Waals surface area contributed by atoms with Crippen molar-refractivity contribution in [3.63, 3.8) is 0 Å². The second kappa shape index (κ2) is 22.2. The standard InChI is InChI=1S/C84H60N2Si2/c1-9-32-61(33-10-1)76-59-70(87(64-36-13-3-14-37-64,65-38-15-4-16-39-65)66-40-17-5-18-41-66)60-77(62-34-11-2-12-35-62)84(76)86-80-54-29-26-49-72(80)78-58-63(56-57-81(78)86)85-79-53-28-25-48-71(79)74-51-31-52-75(83(74)85)73-50-27-30-55-82(73)88(67-42-19-6-20-43-67,68-44-21-7-22-45-68)69-46-23-8-24-47-69/h1-60H/i1D,2D,9D,10D,11D,12D,32D,33D,34D. The van der Waals surface area contributed by atoms with Crippen molar-refractivity contribution < 1.29 is 12.3 Å². The molecule has 0 radical (unpaired) electrons. The molecular weight excluding hydrogens is 1090 g/mol. The third kappa shape index (κ3) is 8.44. The zero-order valence-electron chi connectivity index (χ0n) is 56.8. The molecule has 2 aromatic heterocycles. The summed E-state index contributed by atoms with van der Waals surface area (Å²) in [6, 6.07) is 104. The van der Waals surface area contributed by atoms with Gasteiger partial charge in [-0.25, -0.2) is 0 Å². The van der Waals surface area contributed by atoms with Crippen LogP contribution in [-0.2, 0) is 0 Å². The van der Waals surface area contributed by atoms with Crippen molar-refractivity contribution in [1.29, 1.82) is 0 Å². The minimum absolute atomic E-state index is 0.0541. The number of para-hydroxylation sites is 3. The topological polar surface area (TPSA) is 9.86 Å². The first kappa shape index (κ1) is 43.7. The SMILES string of the molecule is [2H]c1cc(-c2cc([Si](c3ccccc3)(c3ccccc3)c3ccccc3)cc(-c3c([2H])c([2H])c([2H])c([2H])c3[2H])c2-n2c3ccccc3c3cc(-n4c5ccccc5c5cccc(-c6ccccc6[Si](c6ccccc6)(c6ccccc6)c6ccccc6)c54)ccc32)c([2H])c([2H])c1[2H]. The van der Waals surface area contributed by atoms with Crippen LogP contribution in [0.3, 0.4) is 0 Å². The largest absolute Gasteiger partial charge is 0.309 e. The van der Waals surface area contributed by atoms with Gasteiger partial charge in [0.2, 0.25) is 0 Å². The summed E-state index contributed by atoms with van der Waals surface area (Å²) in [5, 5.41) is 12.7. The number of nitrogens with zero attached hydrogens (tertiary/aromatic N) is 2. The lowest BCUT2D eigenvalue weighted by atomic mass is 9.95. The molecule has 0 N–H and O–H groups in total. The third-order valence-electron chi connectivity index (χ3n) is 17.8. The molecule has 0 saturated carbocycles. The smallest absolute Gasteiger partial charge is 0.180 e. The van der Waals surface area contributed by atoms with E-state index in [1.54, 1.807) is 0 Å². The molecule has 14 aromatic carbocycles. The Bertz CT molecular complexity index is 5530. The van der Waals surface area contributed by atoms with E-state index in [0.29, 0.717) is 16.8 Å². The van der Waals surface area contributed by atoms with E-state index < -0.39 is 58.4 Å². The Kier molecular flexibility index (Phi) is 11.0. The van der Waals surface area contributed by atoms with Gasteiger partial charge in [0, 0.05) is 43.9 Å². The van der Waals surface area contributed by atoms with Gasteiger partial charge in [0.25, 0.3) is 0 Å². The molecule has 0 saturated heterocycles. The Morgan fingerprint density at radius 1 is 0.250 bits per heavy atom. The van der Waals surface area contributed by atoms with Gasteiger partial charge in [0.05, 0.1) is 40.1 Å². The predicted octanol–water partition coefficient (Wildman–Crippen LogP) is 15.6. The first-order valence-corrected chi connectivity index (χ1v) is 33.8. The van der Waals surface area contributed by atoms with Gasteiger partial charge in [-0.1, -0.05) is 333 Å². The van der Waals surface area contributed by atoms with E-state index in [-0.39, 0.29) is 28.8 Å². The highest BCUT2D eigenvalue weighted by atomic mass is 28.3. The van der Waals surface area contributed by atoms with Crippen molar-refractivity contribution in [3.8, 4) is 44.8 Å². The fourth-order valence-corrected chi connectivity index (χ4v) is 24.1. The van der Waals surface area contributed by atoms with Crippen LogP contribution in [0.5, 0.6) is 0 Å². The summed E-state index contributed by atoms with van der Waals surface area (Å²) in [5.74, 6) is 0. The summed E-state index contributed by atoms with van der Waals surface area (Å²) < 4.78 is 89.5. The van der Waals surface area contributed by atoms with Crippen molar-refractivity contribution in [2.75, 3.05) is 0 Å². The first-order valence-electron chi connectivity index (χ1n) is 34.3. The van der Waals surface area contributed by atoms with Crippen LogP contribution in [0, 0.1) is 0 Å². The quantitative estimate of drug-likeness (QED) is 0.0804. The highest BCUT2D eigenvalue weighted by molar-refractivity contribution is 7.21. The molecule has 0 atom stereocenters. The zero-order valence-corrected chi connectivity index (χ0v) is 49.8. The molecular formula is C84H60N2Si2. The Morgan fingerprint density at radius 3 is 1.22 bits per heavy atom. The van der Waals surface area contributed by atoms with Crippen LogP contribution in [0.25, 0.3) is 88.4 Å². The summed E-state index contributed by atoms with van der Waals surface area (Å²) in [4.78, 5) is 0. The molecule has 4 heteroatoms. The van der Waals surface area contributed by atoms with E-state index in [9.17, 15) is 9.60 Å². The van der Waals surface area contributed by atoms with Crippen molar-refractivity contribution in [1.82, 2.24) is 9.13 Å². The third-order valence-corrected chi connectivity index (χ3v) is 27.4. The number of hydrogen-bond donors (Lipinski definition) is 0. The maximum absolute atomic E-state index is 9.96. The normalized spacial score (nSPS) is 13.3. The second-order valence-corrected chi connectivity index (χ2v) is 29.9. The van der Waals surface area contributed by atoms with Gasteiger partial charge in [-0.15, -0.1) is 0 Å². The number of aromatic nitrogens is 2. The molecule has 0 aliphatic rings. The maximum atomic E-state index is 9.96. The van der Waals surface area contributed by atoms with Crippen molar-refractivity contribution in [3.05, 3.63) is 364 Å².